The monoisotopic (exact) mass is 434 g/mol. The second kappa shape index (κ2) is 7.45. The van der Waals surface area contributed by atoms with E-state index in [0.29, 0.717) is 0 Å². The number of benzene rings is 2. The van der Waals surface area contributed by atoms with Crippen molar-refractivity contribution in [2.24, 2.45) is 0 Å². The van der Waals surface area contributed by atoms with Gasteiger partial charge in [-0.15, -0.1) is 0 Å². The van der Waals surface area contributed by atoms with Gasteiger partial charge in [-0.1, -0.05) is 51.8 Å². The summed E-state index contributed by atoms with van der Waals surface area (Å²) in [5, 5.41) is 0. The van der Waals surface area contributed by atoms with Gasteiger partial charge >= 0.3 is 0 Å². The highest BCUT2D eigenvalue weighted by atomic mass is 79.9. The molecule has 0 N–H and O–H groups in total. The molecular formula is C19H20Br2N2. The SMILES string of the molecule is Cc1cc(C)c(-n2cc[n+](Cc3ccccc3Br)c2)c(C)c1.[Br-]. The quantitative estimate of drug-likeness (QED) is 0.551. The van der Waals surface area contributed by atoms with Gasteiger partial charge in [-0.25, -0.2) is 9.13 Å². The molecule has 4 heteroatoms. The van der Waals surface area contributed by atoms with E-state index in [1.807, 2.05) is 6.07 Å². The van der Waals surface area contributed by atoms with Crippen molar-refractivity contribution in [1.82, 2.24) is 4.57 Å². The van der Waals surface area contributed by atoms with Crippen LogP contribution in [0.4, 0.5) is 0 Å². The Kier molecular flexibility index (Phi) is 5.82. The van der Waals surface area contributed by atoms with Crippen LogP contribution in [0.5, 0.6) is 0 Å². The Balaban J connectivity index is 0.00000192. The topological polar surface area (TPSA) is 8.81 Å². The molecule has 1 aromatic heterocycles. The molecule has 0 aliphatic heterocycles. The van der Waals surface area contributed by atoms with E-state index in [9.17, 15) is 0 Å². The van der Waals surface area contributed by atoms with Crippen molar-refractivity contribution in [3.8, 4) is 5.69 Å². The highest BCUT2D eigenvalue weighted by Crippen LogP contribution is 2.20. The standard InChI is InChI=1S/C19H20BrN2.BrH/c1-14-10-15(2)19(16(3)11-14)22-9-8-21(13-22)12-17-6-4-5-7-18(17)20;/h4-11,13H,12H2,1-3H3;1H/q+1;/p-1. The number of imidazole rings is 1. The molecule has 0 saturated heterocycles. The summed E-state index contributed by atoms with van der Waals surface area (Å²) < 4.78 is 5.57. The molecule has 0 saturated carbocycles. The maximum atomic E-state index is 3.62. The maximum Gasteiger partial charge on any atom is 0.249 e. The molecule has 0 bridgehead atoms. The first-order chi connectivity index (χ1) is 10.5. The largest absolute Gasteiger partial charge is 1.00 e. The average Bonchev–Trinajstić information content (AvgIpc) is 2.88. The number of aryl methyl sites for hydroxylation is 3. The first-order valence-corrected chi connectivity index (χ1v) is 8.22. The Hall–Kier alpha value is -1.39. The first-order valence-electron chi connectivity index (χ1n) is 7.43. The summed E-state index contributed by atoms with van der Waals surface area (Å²) in [5.74, 6) is 0. The van der Waals surface area contributed by atoms with Crippen molar-refractivity contribution in [2.45, 2.75) is 27.3 Å². The van der Waals surface area contributed by atoms with Gasteiger partial charge in [0.05, 0.1) is 0 Å². The molecular weight excluding hydrogens is 416 g/mol. The van der Waals surface area contributed by atoms with Crippen LogP contribution in [-0.4, -0.2) is 4.57 Å². The molecule has 3 aromatic rings. The number of hydrogen-bond donors (Lipinski definition) is 0. The van der Waals surface area contributed by atoms with Crippen molar-refractivity contribution in [2.75, 3.05) is 0 Å². The van der Waals surface area contributed by atoms with Crippen LogP contribution >= 0.6 is 15.9 Å². The molecule has 0 spiro atoms. The van der Waals surface area contributed by atoms with Gasteiger partial charge in [0.15, 0.2) is 0 Å². The Labute approximate surface area is 156 Å². The fraction of sp³-hybridized carbons (Fsp3) is 0.211. The van der Waals surface area contributed by atoms with Crippen molar-refractivity contribution < 1.29 is 21.5 Å². The van der Waals surface area contributed by atoms with E-state index in [4.69, 9.17) is 0 Å². The fourth-order valence-corrected chi connectivity index (χ4v) is 3.43. The third-order valence-electron chi connectivity index (χ3n) is 3.90. The third kappa shape index (κ3) is 3.93. The van der Waals surface area contributed by atoms with Crippen molar-refractivity contribution in [3.05, 3.63) is 81.8 Å². The number of aromatic nitrogens is 2. The molecule has 3 rings (SSSR count). The second-order valence-corrected chi connectivity index (χ2v) is 6.69. The highest BCUT2D eigenvalue weighted by molar-refractivity contribution is 9.10. The van der Waals surface area contributed by atoms with E-state index in [1.54, 1.807) is 0 Å². The predicted octanol–water partition coefficient (Wildman–Crippen LogP) is 1.50. The van der Waals surface area contributed by atoms with Crippen LogP contribution in [0.3, 0.4) is 0 Å². The van der Waals surface area contributed by atoms with Crippen LogP contribution in [0.1, 0.15) is 22.3 Å². The molecule has 0 amide bonds. The molecule has 0 fully saturated rings. The number of halogens is 2. The molecule has 2 nitrogen and oxygen atoms in total. The van der Waals surface area contributed by atoms with Crippen LogP contribution < -0.4 is 21.5 Å². The lowest BCUT2D eigenvalue weighted by Gasteiger charge is -2.07. The zero-order valence-corrected chi connectivity index (χ0v) is 16.7. The molecule has 2 aromatic carbocycles. The minimum atomic E-state index is 0. The summed E-state index contributed by atoms with van der Waals surface area (Å²) in [6.45, 7) is 7.35. The lowest BCUT2D eigenvalue weighted by Crippen LogP contribution is -3.00. The summed E-state index contributed by atoms with van der Waals surface area (Å²) in [5.41, 5.74) is 6.48. The Morgan fingerprint density at radius 2 is 1.70 bits per heavy atom. The van der Waals surface area contributed by atoms with Gasteiger partial charge in [0.2, 0.25) is 6.33 Å². The lowest BCUT2D eigenvalue weighted by atomic mass is 10.1. The maximum absolute atomic E-state index is 3.62. The van der Waals surface area contributed by atoms with E-state index in [2.05, 4.69) is 94.9 Å². The lowest BCUT2D eigenvalue weighted by molar-refractivity contribution is -0.687. The third-order valence-corrected chi connectivity index (χ3v) is 4.67. The number of nitrogens with zero attached hydrogens (tertiary/aromatic N) is 2. The zero-order valence-electron chi connectivity index (χ0n) is 13.6. The van der Waals surface area contributed by atoms with Gasteiger partial charge in [-0.05, 0) is 38.0 Å². The van der Waals surface area contributed by atoms with Crippen LogP contribution in [0.25, 0.3) is 5.69 Å². The Bertz CT molecular complexity index is 799. The van der Waals surface area contributed by atoms with E-state index in [0.717, 1.165) is 11.0 Å². The fourth-order valence-electron chi connectivity index (χ4n) is 3.02. The summed E-state index contributed by atoms with van der Waals surface area (Å²) in [4.78, 5) is 0. The van der Waals surface area contributed by atoms with Gasteiger partial charge < -0.3 is 17.0 Å². The van der Waals surface area contributed by atoms with Crippen LogP contribution in [0.2, 0.25) is 0 Å². The van der Waals surface area contributed by atoms with Gasteiger partial charge in [0, 0.05) is 10.0 Å². The van der Waals surface area contributed by atoms with Crippen LogP contribution in [-0.2, 0) is 6.54 Å². The molecule has 0 unspecified atom stereocenters. The van der Waals surface area contributed by atoms with Gasteiger partial charge in [-0.2, -0.15) is 0 Å². The number of rotatable bonds is 3. The number of hydrogen-bond acceptors (Lipinski definition) is 0. The minimum Gasteiger partial charge on any atom is -1.00 e. The summed E-state index contributed by atoms with van der Waals surface area (Å²) in [7, 11) is 0. The van der Waals surface area contributed by atoms with E-state index >= 15 is 0 Å². The first kappa shape index (κ1) is 18.0. The molecule has 23 heavy (non-hydrogen) atoms. The summed E-state index contributed by atoms with van der Waals surface area (Å²) in [6, 6.07) is 12.8. The summed E-state index contributed by atoms with van der Waals surface area (Å²) in [6.07, 6.45) is 6.41. The van der Waals surface area contributed by atoms with Crippen molar-refractivity contribution in [1.29, 1.82) is 0 Å². The van der Waals surface area contributed by atoms with Gasteiger partial charge in [0.25, 0.3) is 0 Å². The molecule has 0 radical (unpaired) electrons. The van der Waals surface area contributed by atoms with Gasteiger partial charge in [0.1, 0.15) is 24.6 Å². The van der Waals surface area contributed by atoms with Crippen LogP contribution in [0.15, 0.2) is 59.6 Å². The normalized spacial score (nSPS) is 10.4. The molecule has 120 valence electrons. The zero-order chi connectivity index (χ0) is 15.7. The van der Waals surface area contributed by atoms with Crippen molar-refractivity contribution in [3.63, 3.8) is 0 Å². The van der Waals surface area contributed by atoms with Crippen LogP contribution in [0, 0.1) is 20.8 Å². The Morgan fingerprint density at radius 1 is 1.04 bits per heavy atom. The van der Waals surface area contributed by atoms with E-state index in [-0.39, 0.29) is 17.0 Å². The predicted molar refractivity (Wildman–Crippen MR) is 93.4 cm³/mol. The Morgan fingerprint density at radius 3 is 2.35 bits per heavy atom. The summed E-state index contributed by atoms with van der Waals surface area (Å²) >= 11 is 3.62. The molecule has 0 aliphatic carbocycles. The van der Waals surface area contributed by atoms with E-state index < -0.39 is 0 Å². The van der Waals surface area contributed by atoms with Gasteiger partial charge in [-0.3, -0.25) is 0 Å². The van der Waals surface area contributed by atoms with E-state index in [1.165, 1.54) is 27.9 Å². The molecule has 1 heterocycles. The average molecular weight is 436 g/mol. The second-order valence-electron chi connectivity index (χ2n) is 5.83. The smallest absolute Gasteiger partial charge is 0.249 e. The minimum absolute atomic E-state index is 0. The van der Waals surface area contributed by atoms with Crippen molar-refractivity contribution >= 4 is 15.9 Å². The highest BCUT2D eigenvalue weighted by Gasteiger charge is 2.13. The molecule has 0 atom stereocenters. The molecule has 0 aliphatic rings.